The number of carbonyl (C=O) groups is 2. The second kappa shape index (κ2) is 9.41. The van der Waals surface area contributed by atoms with Crippen molar-refractivity contribution in [1.82, 2.24) is 4.90 Å². The van der Waals surface area contributed by atoms with Crippen LogP contribution in [0.1, 0.15) is 33.6 Å². The molecule has 35 heavy (non-hydrogen) atoms. The van der Waals surface area contributed by atoms with Gasteiger partial charge in [0.1, 0.15) is 5.60 Å². The van der Waals surface area contributed by atoms with Crippen molar-refractivity contribution in [3.8, 4) is 5.75 Å². The Bertz CT molecular complexity index is 1210. The van der Waals surface area contributed by atoms with Crippen molar-refractivity contribution in [2.24, 2.45) is 0 Å². The second-order valence-corrected chi connectivity index (χ2v) is 11.8. The molecule has 2 heterocycles. The number of nitrogens with zero attached hydrogens (tertiary/aromatic N) is 2. The van der Waals surface area contributed by atoms with Crippen molar-refractivity contribution in [2.75, 3.05) is 36.2 Å². The van der Waals surface area contributed by atoms with E-state index in [0.717, 1.165) is 0 Å². The largest absolute Gasteiger partial charge is 0.479 e. The van der Waals surface area contributed by atoms with E-state index in [1.54, 1.807) is 34.1 Å². The molecular formula is C25H31N3O6S. The summed E-state index contributed by atoms with van der Waals surface area (Å²) in [5.74, 6) is 0.441. The highest BCUT2D eigenvalue weighted by molar-refractivity contribution is 7.90. The molecule has 2 aliphatic rings. The SMILES string of the molecule is CC(C)(C)OC(=O)N1CCC(N2C(=O)COc3c(Nc4ccc(S(C)(=O)=O)cc4)cccc32)CC1. The van der Waals surface area contributed by atoms with Gasteiger partial charge in [0, 0.05) is 31.1 Å². The fourth-order valence-electron chi connectivity index (χ4n) is 4.28. The quantitative estimate of drug-likeness (QED) is 0.676. The van der Waals surface area contributed by atoms with Crippen LogP contribution in [-0.4, -0.2) is 62.9 Å². The standard InChI is InChI=1S/C25H31N3O6S/c1-25(2,3)34-24(30)27-14-12-18(13-15-27)28-21-7-5-6-20(23(21)33-16-22(28)29)26-17-8-10-19(11-9-17)35(4,31)32/h5-11,18,26H,12-16H2,1-4H3. The fraction of sp³-hybridized carbons (Fsp3) is 0.440. The molecule has 1 N–H and O–H groups in total. The lowest BCUT2D eigenvalue weighted by Crippen LogP contribution is -2.52. The molecule has 0 atom stereocenters. The molecule has 2 aromatic rings. The number of fused-ring (bicyclic) bond motifs is 1. The number of para-hydroxylation sites is 1. The number of rotatable bonds is 4. The molecule has 4 rings (SSSR count). The maximum absolute atomic E-state index is 12.9. The Labute approximate surface area is 205 Å². The third-order valence-corrected chi connectivity index (χ3v) is 7.03. The molecule has 0 aliphatic carbocycles. The monoisotopic (exact) mass is 501 g/mol. The van der Waals surface area contributed by atoms with Crippen LogP contribution in [0.25, 0.3) is 0 Å². The van der Waals surface area contributed by atoms with Gasteiger partial charge >= 0.3 is 6.09 Å². The maximum Gasteiger partial charge on any atom is 0.410 e. The van der Waals surface area contributed by atoms with Crippen LogP contribution in [0.2, 0.25) is 0 Å². The Kier molecular flexibility index (Phi) is 6.68. The van der Waals surface area contributed by atoms with Crippen LogP contribution < -0.4 is 15.0 Å². The summed E-state index contributed by atoms with van der Waals surface area (Å²) in [5.41, 5.74) is 1.50. The molecule has 0 bridgehead atoms. The molecule has 10 heteroatoms. The summed E-state index contributed by atoms with van der Waals surface area (Å²) in [6.45, 7) is 6.45. The number of nitrogens with one attached hydrogen (secondary N) is 1. The van der Waals surface area contributed by atoms with Gasteiger partial charge in [0.05, 0.1) is 16.3 Å². The molecule has 0 radical (unpaired) electrons. The Balaban J connectivity index is 1.51. The summed E-state index contributed by atoms with van der Waals surface area (Å²) in [6, 6.07) is 11.9. The first kappa shape index (κ1) is 24.8. The van der Waals surface area contributed by atoms with Gasteiger partial charge in [-0.2, -0.15) is 0 Å². The Morgan fingerprint density at radius 2 is 1.74 bits per heavy atom. The Hall–Kier alpha value is -3.27. The van der Waals surface area contributed by atoms with Crippen LogP contribution in [0.4, 0.5) is 21.9 Å². The molecule has 188 valence electrons. The number of sulfone groups is 1. The van der Waals surface area contributed by atoms with Crippen molar-refractivity contribution in [3.05, 3.63) is 42.5 Å². The van der Waals surface area contributed by atoms with Crippen molar-refractivity contribution < 1.29 is 27.5 Å². The smallest absolute Gasteiger partial charge is 0.410 e. The van der Waals surface area contributed by atoms with Crippen LogP contribution in [0, 0.1) is 0 Å². The summed E-state index contributed by atoms with van der Waals surface area (Å²) < 4.78 is 34.7. The van der Waals surface area contributed by atoms with E-state index in [0.29, 0.717) is 48.7 Å². The van der Waals surface area contributed by atoms with E-state index in [1.165, 1.54) is 6.26 Å². The average molecular weight is 502 g/mol. The van der Waals surface area contributed by atoms with Gasteiger partial charge in [0.2, 0.25) is 0 Å². The highest BCUT2D eigenvalue weighted by Crippen LogP contribution is 2.42. The third-order valence-electron chi connectivity index (χ3n) is 5.91. The molecule has 1 fully saturated rings. The molecule has 0 aromatic heterocycles. The van der Waals surface area contributed by atoms with Crippen LogP contribution in [0.3, 0.4) is 0 Å². The van der Waals surface area contributed by atoms with Crippen molar-refractivity contribution in [2.45, 2.75) is 50.2 Å². The van der Waals surface area contributed by atoms with Gasteiger partial charge in [0.15, 0.2) is 22.2 Å². The number of piperidine rings is 1. The minimum absolute atomic E-state index is 0.0619. The molecule has 0 unspecified atom stereocenters. The highest BCUT2D eigenvalue weighted by Gasteiger charge is 2.36. The first-order valence-electron chi connectivity index (χ1n) is 11.6. The Morgan fingerprint density at radius 3 is 2.34 bits per heavy atom. The number of likely N-dealkylation sites (tertiary alicyclic amines) is 1. The zero-order valence-electron chi connectivity index (χ0n) is 20.4. The lowest BCUT2D eigenvalue weighted by molar-refractivity contribution is -0.122. The lowest BCUT2D eigenvalue weighted by atomic mass is 10.0. The van der Waals surface area contributed by atoms with E-state index in [9.17, 15) is 18.0 Å². The third kappa shape index (κ3) is 5.70. The number of amides is 2. The van der Waals surface area contributed by atoms with Gasteiger partial charge in [-0.3, -0.25) is 4.79 Å². The summed E-state index contributed by atoms with van der Waals surface area (Å²) >= 11 is 0. The van der Waals surface area contributed by atoms with Crippen LogP contribution in [0.5, 0.6) is 5.75 Å². The van der Waals surface area contributed by atoms with Gasteiger partial charge < -0.3 is 24.6 Å². The van der Waals surface area contributed by atoms with E-state index in [-0.39, 0.29) is 29.5 Å². The van der Waals surface area contributed by atoms with Gasteiger partial charge in [-0.15, -0.1) is 0 Å². The normalized spacial score (nSPS) is 17.0. The highest BCUT2D eigenvalue weighted by atomic mass is 32.2. The molecule has 2 aromatic carbocycles. The molecular weight excluding hydrogens is 470 g/mol. The predicted molar refractivity (Wildman–Crippen MR) is 133 cm³/mol. The fourth-order valence-corrected chi connectivity index (χ4v) is 4.91. The van der Waals surface area contributed by atoms with E-state index in [4.69, 9.17) is 9.47 Å². The van der Waals surface area contributed by atoms with Crippen LogP contribution >= 0.6 is 0 Å². The van der Waals surface area contributed by atoms with Gasteiger partial charge in [0.25, 0.3) is 5.91 Å². The number of ether oxygens (including phenoxy) is 2. The molecule has 0 spiro atoms. The minimum atomic E-state index is -3.28. The molecule has 2 aliphatic heterocycles. The molecule has 2 amide bonds. The maximum atomic E-state index is 12.9. The summed E-state index contributed by atoms with van der Waals surface area (Å²) in [7, 11) is -3.28. The van der Waals surface area contributed by atoms with E-state index in [1.807, 2.05) is 39.0 Å². The van der Waals surface area contributed by atoms with E-state index in [2.05, 4.69) is 5.32 Å². The summed E-state index contributed by atoms with van der Waals surface area (Å²) in [4.78, 5) is 29.0. The zero-order chi connectivity index (χ0) is 25.4. The number of hydrogen-bond donors (Lipinski definition) is 1. The van der Waals surface area contributed by atoms with Gasteiger partial charge in [-0.1, -0.05) is 6.07 Å². The number of hydrogen-bond acceptors (Lipinski definition) is 7. The van der Waals surface area contributed by atoms with E-state index >= 15 is 0 Å². The average Bonchev–Trinajstić information content (AvgIpc) is 2.78. The van der Waals surface area contributed by atoms with Crippen molar-refractivity contribution in [1.29, 1.82) is 0 Å². The zero-order valence-corrected chi connectivity index (χ0v) is 21.2. The van der Waals surface area contributed by atoms with Gasteiger partial charge in [-0.25, -0.2) is 13.2 Å². The van der Waals surface area contributed by atoms with Crippen molar-refractivity contribution in [3.63, 3.8) is 0 Å². The first-order chi connectivity index (χ1) is 16.4. The number of anilines is 3. The second-order valence-electron chi connectivity index (χ2n) is 9.83. The van der Waals surface area contributed by atoms with Gasteiger partial charge in [-0.05, 0) is 70.0 Å². The number of benzene rings is 2. The predicted octanol–water partition coefficient (Wildman–Crippen LogP) is 3.96. The minimum Gasteiger partial charge on any atom is -0.479 e. The van der Waals surface area contributed by atoms with Crippen molar-refractivity contribution >= 4 is 38.9 Å². The lowest BCUT2D eigenvalue weighted by Gasteiger charge is -2.41. The number of carbonyl (C=O) groups excluding carboxylic acids is 2. The topological polar surface area (TPSA) is 105 Å². The van der Waals surface area contributed by atoms with Crippen LogP contribution in [0.15, 0.2) is 47.4 Å². The summed E-state index contributed by atoms with van der Waals surface area (Å²) in [5, 5.41) is 3.27. The summed E-state index contributed by atoms with van der Waals surface area (Å²) in [6.07, 6.45) is 2.10. The first-order valence-corrected chi connectivity index (χ1v) is 13.4. The van der Waals surface area contributed by atoms with Crippen LogP contribution in [-0.2, 0) is 19.4 Å². The molecule has 9 nitrogen and oxygen atoms in total. The Morgan fingerprint density at radius 1 is 1.09 bits per heavy atom. The van der Waals surface area contributed by atoms with E-state index < -0.39 is 15.4 Å². The molecule has 1 saturated heterocycles. The molecule has 0 saturated carbocycles.